The molecule has 1 N–H and O–H groups in total. The van der Waals surface area contributed by atoms with Crippen molar-refractivity contribution in [1.29, 1.82) is 0 Å². The van der Waals surface area contributed by atoms with Crippen LogP contribution in [-0.4, -0.2) is 6.54 Å². The highest BCUT2D eigenvalue weighted by Gasteiger charge is 2.00. The summed E-state index contributed by atoms with van der Waals surface area (Å²) >= 11 is 5.68. The summed E-state index contributed by atoms with van der Waals surface area (Å²) < 4.78 is 13.4. The summed E-state index contributed by atoms with van der Waals surface area (Å²) in [4.78, 5) is 0. The van der Waals surface area contributed by atoms with Crippen molar-refractivity contribution in [3.8, 4) is 0 Å². The minimum absolute atomic E-state index is 0.337. The van der Waals surface area contributed by atoms with Crippen molar-refractivity contribution in [3.63, 3.8) is 0 Å². The Morgan fingerprint density at radius 1 is 1.11 bits per heavy atom. The first-order chi connectivity index (χ1) is 8.75. The average molecular weight is 262 g/mol. The van der Waals surface area contributed by atoms with Gasteiger partial charge in [0.15, 0.2) is 0 Å². The van der Waals surface area contributed by atoms with E-state index in [9.17, 15) is 4.39 Å². The molecular weight excluding hydrogens is 249 g/mol. The zero-order chi connectivity index (χ0) is 12.8. The van der Waals surface area contributed by atoms with Crippen molar-refractivity contribution in [2.75, 3.05) is 11.9 Å². The monoisotopic (exact) mass is 261 g/mol. The van der Waals surface area contributed by atoms with Gasteiger partial charge in [-0.15, -0.1) is 0 Å². The topological polar surface area (TPSA) is 12.0 Å². The molecule has 3 heteroatoms. The number of hydrogen-bond acceptors (Lipinski definition) is 1. The van der Waals surface area contributed by atoms with E-state index in [1.54, 1.807) is 12.1 Å². The number of hydrogen-bond donors (Lipinski definition) is 1. The summed E-state index contributed by atoms with van der Waals surface area (Å²) in [6.07, 6.45) is 3.93. The Hall–Kier alpha value is -1.80. The van der Waals surface area contributed by atoms with Gasteiger partial charge < -0.3 is 5.32 Å². The molecule has 92 valence electrons. The molecule has 0 radical (unpaired) electrons. The molecule has 2 aromatic carbocycles. The Balaban J connectivity index is 1.91. The fraction of sp³-hybridized carbons (Fsp3) is 0.0667. The summed E-state index contributed by atoms with van der Waals surface area (Å²) in [5, 5.41) is 3.39. The van der Waals surface area contributed by atoms with Crippen LogP contribution in [0.2, 0.25) is 5.02 Å². The molecule has 0 aliphatic heterocycles. The zero-order valence-corrected chi connectivity index (χ0v) is 10.5. The summed E-state index contributed by atoms with van der Waals surface area (Å²) in [7, 11) is 0. The van der Waals surface area contributed by atoms with Crippen molar-refractivity contribution in [2.24, 2.45) is 0 Å². The van der Waals surface area contributed by atoms with Gasteiger partial charge in [0.2, 0.25) is 0 Å². The largest absolute Gasteiger partial charge is 0.379 e. The Bertz CT molecular complexity index is 537. The first-order valence-corrected chi connectivity index (χ1v) is 6.04. The molecule has 18 heavy (non-hydrogen) atoms. The Kier molecular flexibility index (Phi) is 4.37. The highest BCUT2D eigenvalue weighted by atomic mass is 35.5. The van der Waals surface area contributed by atoms with E-state index in [4.69, 9.17) is 11.6 Å². The van der Waals surface area contributed by atoms with E-state index < -0.39 is 0 Å². The van der Waals surface area contributed by atoms with Crippen molar-refractivity contribution in [1.82, 2.24) is 0 Å². The molecule has 2 aromatic rings. The highest BCUT2D eigenvalue weighted by molar-refractivity contribution is 6.30. The third-order valence-corrected chi connectivity index (χ3v) is 2.69. The standard InChI is InChI=1S/C15H13ClFN/c16-13-8-9-15(14(17)11-13)18-10-4-7-12-5-2-1-3-6-12/h1-9,11,18H,10H2. The predicted molar refractivity (Wildman–Crippen MR) is 75.4 cm³/mol. The molecule has 2 rings (SSSR count). The van der Waals surface area contributed by atoms with Crippen LogP contribution in [0.4, 0.5) is 10.1 Å². The van der Waals surface area contributed by atoms with Crippen LogP contribution >= 0.6 is 11.6 Å². The fourth-order valence-electron chi connectivity index (χ4n) is 1.56. The normalized spacial score (nSPS) is 10.8. The quantitative estimate of drug-likeness (QED) is 0.848. The Morgan fingerprint density at radius 3 is 2.61 bits per heavy atom. The lowest BCUT2D eigenvalue weighted by Gasteiger charge is -2.04. The molecule has 0 unspecified atom stereocenters. The van der Waals surface area contributed by atoms with Gasteiger partial charge in [0.25, 0.3) is 0 Å². The number of benzene rings is 2. The molecule has 1 nitrogen and oxygen atoms in total. The average Bonchev–Trinajstić information content (AvgIpc) is 2.38. The molecule has 0 spiro atoms. The van der Waals surface area contributed by atoms with E-state index in [-0.39, 0.29) is 5.82 Å². The predicted octanol–water partition coefficient (Wildman–Crippen LogP) is 4.60. The molecule has 0 atom stereocenters. The third-order valence-electron chi connectivity index (χ3n) is 2.45. The van der Waals surface area contributed by atoms with Crippen LogP contribution in [0.3, 0.4) is 0 Å². The van der Waals surface area contributed by atoms with E-state index in [1.807, 2.05) is 42.5 Å². The maximum atomic E-state index is 13.4. The second-order valence-corrected chi connectivity index (χ2v) is 4.25. The first-order valence-electron chi connectivity index (χ1n) is 5.66. The smallest absolute Gasteiger partial charge is 0.147 e. The van der Waals surface area contributed by atoms with Gasteiger partial charge in [-0.1, -0.05) is 54.1 Å². The van der Waals surface area contributed by atoms with Gasteiger partial charge in [0.05, 0.1) is 5.69 Å². The number of nitrogens with one attached hydrogen (secondary N) is 1. The maximum Gasteiger partial charge on any atom is 0.147 e. The van der Waals surface area contributed by atoms with Crippen LogP contribution in [0.1, 0.15) is 5.56 Å². The van der Waals surface area contributed by atoms with Gasteiger partial charge in [-0.3, -0.25) is 0 Å². The molecule has 0 saturated carbocycles. The lowest BCUT2D eigenvalue weighted by molar-refractivity contribution is 0.631. The summed E-state index contributed by atoms with van der Waals surface area (Å²) in [5.74, 6) is -0.337. The third kappa shape index (κ3) is 3.60. The molecule has 0 heterocycles. The van der Waals surface area contributed by atoms with E-state index in [0.29, 0.717) is 17.3 Å². The fourth-order valence-corrected chi connectivity index (χ4v) is 1.72. The number of halogens is 2. The van der Waals surface area contributed by atoms with Crippen molar-refractivity contribution in [3.05, 3.63) is 71.0 Å². The molecule has 0 saturated heterocycles. The Morgan fingerprint density at radius 2 is 1.89 bits per heavy atom. The van der Waals surface area contributed by atoms with Gasteiger partial charge in [-0.25, -0.2) is 4.39 Å². The minimum atomic E-state index is -0.337. The summed E-state index contributed by atoms with van der Waals surface area (Å²) in [6, 6.07) is 14.5. The van der Waals surface area contributed by atoms with Gasteiger partial charge >= 0.3 is 0 Å². The summed E-state index contributed by atoms with van der Waals surface area (Å²) in [5.41, 5.74) is 1.58. The van der Waals surface area contributed by atoms with Crippen LogP contribution in [0.25, 0.3) is 6.08 Å². The minimum Gasteiger partial charge on any atom is -0.379 e. The lowest BCUT2D eigenvalue weighted by Crippen LogP contribution is -2.00. The van der Waals surface area contributed by atoms with Gasteiger partial charge in [0, 0.05) is 11.6 Å². The maximum absolute atomic E-state index is 13.4. The van der Waals surface area contributed by atoms with Crippen LogP contribution in [0.15, 0.2) is 54.6 Å². The van der Waals surface area contributed by atoms with E-state index in [2.05, 4.69) is 5.32 Å². The van der Waals surface area contributed by atoms with Crippen molar-refractivity contribution < 1.29 is 4.39 Å². The van der Waals surface area contributed by atoms with E-state index >= 15 is 0 Å². The molecule has 0 fully saturated rings. The molecule has 0 aliphatic rings. The van der Waals surface area contributed by atoms with Gasteiger partial charge in [-0.2, -0.15) is 0 Å². The molecule has 0 aromatic heterocycles. The molecular formula is C15H13ClFN. The lowest BCUT2D eigenvalue weighted by atomic mass is 10.2. The summed E-state index contributed by atoms with van der Waals surface area (Å²) in [6.45, 7) is 0.563. The molecule has 0 aliphatic carbocycles. The van der Waals surface area contributed by atoms with E-state index in [0.717, 1.165) is 5.56 Å². The second-order valence-electron chi connectivity index (χ2n) is 3.82. The molecule has 0 bridgehead atoms. The second kappa shape index (κ2) is 6.22. The van der Waals surface area contributed by atoms with Crippen LogP contribution < -0.4 is 5.32 Å². The Labute approximate surface area is 111 Å². The van der Waals surface area contributed by atoms with Crippen LogP contribution in [0.5, 0.6) is 0 Å². The molecule has 0 amide bonds. The van der Waals surface area contributed by atoms with Gasteiger partial charge in [-0.05, 0) is 23.8 Å². The van der Waals surface area contributed by atoms with Gasteiger partial charge in [0.1, 0.15) is 5.82 Å². The van der Waals surface area contributed by atoms with Crippen LogP contribution in [0, 0.1) is 5.82 Å². The SMILES string of the molecule is Fc1cc(Cl)ccc1NCC=Cc1ccccc1. The van der Waals surface area contributed by atoms with Crippen molar-refractivity contribution in [2.45, 2.75) is 0 Å². The van der Waals surface area contributed by atoms with Crippen LogP contribution in [-0.2, 0) is 0 Å². The van der Waals surface area contributed by atoms with E-state index in [1.165, 1.54) is 6.07 Å². The first kappa shape index (κ1) is 12.7. The zero-order valence-electron chi connectivity index (χ0n) is 9.74. The van der Waals surface area contributed by atoms with Crippen molar-refractivity contribution >= 4 is 23.4 Å². The number of rotatable bonds is 4. The number of anilines is 1. The highest BCUT2D eigenvalue weighted by Crippen LogP contribution is 2.18.